The van der Waals surface area contributed by atoms with Gasteiger partial charge in [0, 0.05) is 28.4 Å². The first-order valence-electron chi connectivity index (χ1n) is 8.53. The predicted octanol–water partition coefficient (Wildman–Crippen LogP) is 4.65. The molecule has 0 aliphatic rings. The van der Waals surface area contributed by atoms with E-state index in [-0.39, 0.29) is 5.91 Å². The second-order valence-corrected chi connectivity index (χ2v) is 7.00. The molecule has 3 aromatic rings. The molecule has 1 heterocycles. The standard InChI is InChI=1S/C21H21N3O2S/c1-14-12-15(2)23-21(22-14)27-13-16-6-4-5-7-19(16)20(25)24-17-8-10-18(26-3)11-9-17/h4-12H,13H2,1-3H3,(H,24,25). The van der Waals surface area contributed by atoms with Crippen molar-refractivity contribution in [3.8, 4) is 5.75 Å². The van der Waals surface area contributed by atoms with E-state index in [2.05, 4.69) is 15.3 Å². The molecule has 27 heavy (non-hydrogen) atoms. The number of aromatic nitrogens is 2. The van der Waals surface area contributed by atoms with Crippen LogP contribution in [-0.2, 0) is 5.75 Å². The number of thioether (sulfide) groups is 1. The van der Waals surface area contributed by atoms with Crippen LogP contribution >= 0.6 is 11.8 Å². The summed E-state index contributed by atoms with van der Waals surface area (Å²) in [6.45, 7) is 3.91. The lowest BCUT2D eigenvalue weighted by Gasteiger charge is -2.10. The minimum atomic E-state index is -0.141. The molecular formula is C21H21N3O2S. The Labute approximate surface area is 163 Å². The number of nitrogens with zero attached hydrogens (tertiary/aromatic N) is 2. The monoisotopic (exact) mass is 379 g/mol. The number of methoxy groups -OCH3 is 1. The van der Waals surface area contributed by atoms with Gasteiger partial charge < -0.3 is 10.1 Å². The summed E-state index contributed by atoms with van der Waals surface area (Å²) in [5, 5.41) is 3.65. The Bertz CT molecular complexity index is 922. The molecule has 0 unspecified atom stereocenters. The van der Waals surface area contributed by atoms with Crippen molar-refractivity contribution in [3.05, 3.63) is 77.1 Å². The number of nitrogens with one attached hydrogen (secondary N) is 1. The summed E-state index contributed by atoms with van der Waals surface area (Å²) in [5.41, 5.74) is 4.19. The van der Waals surface area contributed by atoms with Crippen molar-refractivity contribution in [1.82, 2.24) is 9.97 Å². The van der Waals surface area contributed by atoms with E-state index in [9.17, 15) is 4.79 Å². The highest BCUT2D eigenvalue weighted by Crippen LogP contribution is 2.23. The first-order chi connectivity index (χ1) is 13.0. The molecule has 1 aromatic heterocycles. The quantitative estimate of drug-likeness (QED) is 0.499. The van der Waals surface area contributed by atoms with Gasteiger partial charge in [-0.25, -0.2) is 9.97 Å². The molecule has 0 saturated heterocycles. The van der Waals surface area contributed by atoms with Crippen LogP contribution in [0.25, 0.3) is 0 Å². The normalized spacial score (nSPS) is 10.5. The number of ether oxygens (including phenoxy) is 1. The lowest BCUT2D eigenvalue weighted by Crippen LogP contribution is -2.14. The Kier molecular flexibility index (Phi) is 6.08. The lowest BCUT2D eigenvalue weighted by molar-refractivity contribution is 0.102. The summed E-state index contributed by atoms with van der Waals surface area (Å²) in [5.74, 6) is 1.23. The van der Waals surface area contributed by atoms with E-state index >= 15 is 0 Å². The molecule has 0 radical (unpaired) electrons. The van der Waals surface area contributed by atoms with E-state index in [4.69, 9.17) is 4.74 Å². The van der Waals surface area contributed by atoms with Gasteiger partial charge in [0.15, 0.2) is 5.16 Å². The van der Waals surface area contributed by atoms with Crippen LogP contribution in [0.1, 0.15) is 27.3 Å². The van der Waals surface area contributed by atoms with Crippen molar-refractivity contribution in [2.45, 2.75) is 24.8 Å². The maximum Gasteiger partial charge on any atom is 0.255 e. The Balaban J connectivity index is 1.73. The molecule has 6 heteroatoms. The van der Waals surface area contributed by atoms with Crippen molar-refractivity contribution >= 4 is 23.4 Å². The fourth-order valence-electron chi connectivity index (χ4n) is 2.64. The fraction of sp³-hybridized carbons (Fsp3) is 0.190. The molecule has 0 saturated carbocycles. The molecule has 0 bridgehead atoms. The van der Waals surface area contributed by atoms with Gasteiger partial charge in [-0.05, 0) is 55.8 Å². The van der Waals surface area contributed by atoms with Crippen LogP contribution in [-0.4, -0.2) is 23.0 Å². The zero-order valence-electron chi connectivity index (χ0n) is 15.5. The minimum Gasteiger partial charge on any atom is -0.497 e. The van der Waals surface area contributed by atoms with Crippen LogP contribution in [0.3, 0.4) is 0 Å². The van der Waals surface area contributed by atoms with E-state index in [1.807, 2.05) is 68.4 Å². The Morgan fingerprint density at radius 3 is 2.37 bits per heavy atom. The van der Waals surface area contributed by atoms with Gasteiger partial charge in [0.1, 0.15) is 5.75 Å². The molecule has 5 nitrogen and oxygen atoms in total. The first-order valence-corrected chi connectivity index (χ1v) is 9.52. The molecule has 138 valence electrons. The van der Waals surface area contributed by atoms with E-state index in [0.717, 1.165) is 33.5 Å². The van der Waals surface area contributed by atoms with Gasteiger partial charge in [-0.1, -0.05) is 30.0 Å². The van der Waals surface area contributed by atoms with E-state index in [0.29, 0.717) is 11.3 Å². The molecule has 0 fully saturated rings. The van der Waals surface area contributed by atoms with Crippen LogP contribution < -0.4 is 10.1 Å². The lowest BCUT2D eigenvalue weighted by atomic mass is 10.1. The maximum atomic E-state index is 12.7. The topological polar surface area (TPSA) is 64.1 Å². The van der Waals surface area contributed by atoms with E-state index in [1.54, 1.807) is 7.11 Å². The second kappa shape index (κ2) is 8.68. The van der Waals surface area contributed by atoms with Crippen molar-refractivity contribution < 1.29 is 9.53 Å². The Hall–Kier alpha value is -2.86. The number of carbonyl (C=O) groups is 1. The van der Waals surface area contributed by atoms with E-state index in [1.165, 1.54) is 11.8 Å². The van der Waals surface area contributed by atoms with Crippen molar-refractivity contribution in [1.29, 1.82) is 0 Å². The minimum absolute atomic E-state index is 0.141. The molecular weight excluding hydrogens is 358 g/mol. The second-order valence-electron chi connectivity index (χ2n) is 6.06. The summed E-state index contributed by atoms with van der Waals surface area (Å²) >= 11 is 1.53. The molecule has 0 aliphatic heterocycles. The molecule has 3 rings (SSSR count). The van der Waals surface area contributed by atoms with Crippen molar-refractivity contribution in [2.24, 2.45) is 0 Å². The van der Waals surface area contributed by atoms with Crippen molar-refractivity contribution in [2.75, 3.05) is 12.4 Å². The summed E-state index contributed by atoms with van der Waals surface area (Å²) in [6.07, 6.45) is 0. The number of aryl methyl sites for hydroxylation is 2. The Morgan fingerprint density at radius 1 is 1.04 bits per heavy atom. The highest BCUT2D eigenvalue weighted by Gasteiger charge is 2.12. The number of hydrogen-bond acceptors (Lipinski definition) is 5. The van der Waals surface area contributed by atoms with Gasteiger partial charge in [-0.3, -0.25) is 4.79 Å². The van der Waals surface area contributed by atoms with Crippen LogP contribution in [0.2, 0.25) is 0 Å². The molecule has 1 N–H and O–H groups in total. The van der Waals surface area contributed by atoms with Gasteiger partial charge >= 0.3 is 0 Å². The highest BCUT2D eigenvalue weighted by molar-refractivity contribution is 7.98. The average molecular weight is 379 g/mol. The maximum absolute atomic E-state index is 12.7. The van der Waals surface area contributed by atoms with Gasteiger partial charge in [0.25, 0.3) is 5.91 Å². The molecule has 0 aliphatic carbocycles. The summed E-state index contributed by atoms with van der Waals surface area (Å²) < 4.78 is 5.14. The van der Waals surface area contributed by atoms with Crippen LogP contribution in [0.5, 0.6) is 5.75 Å². The first kappa shape index (κ1) is 18.9. The van der Waals surface area contributed by atoms with Crippen LogP contribution in [0.15, 0.2) is 59.8 Å². The zero-order valence-corrected chi connectivity index (χ0v) is 16.3. The number of anilines is 1. The number of hydrogen-bond donors (Lipinski definition) is 1. The van der Waals surface area contributed by atoms with E-state index < -0.39 is 0 Å². The average Bonchev–Trinajstić information content (AvgIpc) is 2.66. The third-order valence-corrected chi connectivity index (χ3v) is 4.82. The van der Waals surface area contributed by atoms with Gasteiger partial charge in [0.05, 0.1) is 7.11 Å². The molecule has 2 aromatic carbocycles. The van der Waals surface area contributed by atoms with Gasteiger partial charge in [-0.2, -0.15) is 0 Å². The third-order valence-electron chi connectivity index (χ3n) is 3.93. The predicted molar refractivity (Wildman–Crippen MR) is 108 cm³/mol. The summed E-state index contributed by atoms with van der Waals surface area (Å²) in [7, 11) is 1.61. The number of amides is 1. The fourth-order valence-corrected chi connectivity index (χ4v) is 3.59. The number of carbonyl (C=O) groups excluding carboxylic acids is 1. The third kappa shape index (κ3) is 5.08. The Morgan fingerprint density at radius 2 is 1.70 bits per heavy atom. The summed E-state index contributed by atoms with van der Waals surface area (Å²) in [4.78, 5) is 21.6. The molecule has 0 atom stereocenters. The van der Waals surface area contributed by atoms with Crippen molar-refractivity contribution in [3.63, 3.8) is 0 Å². The summed E-state index contributed by atoms with van der Waals surface area (Å²) in [6, 6.07) is 16.8. The SMILES string of the molecule is COc1ccc(NC(=O)c2ccccc2CSc2nc(C)cc(C)n2)cc1. The smallest absolute Gasteiger partial charge is 0.255 e. The molecule has 1 amide bonds. The van der Waals surface area contributed by atoms with Crippen LogP contribution in [0.4, 0.5) is 5.69 Å². The largest absolute Gasteiger partial charge is 0.497 e. The number of benzene rings is 2. The van der Waals surface area contributed by atoms with Crippen LogP contribution in [0, 0.1) is 13.8 Å². The number of rotatable bonds is 6. The van der Waals surface area contributed by atoms with Gasteiger partial charge in [-0.15, -0.1) is 0 Å². The highest BCUT2D eigenvalue weighted by atomic mass is 32.2. The zero-order chi connectivity index (χ0) is 19.2. The van der Waals surface area contributed by atoms with Gasteiger partial charge in [0.2, 0.25) is 0 Å². The molecule has 0 spiro atoms.